The largest absolute Gasteiger partial charge is 0.478 e. The Kier molecular flexibility index (Phi) is 6.82. The van der Waals surface area contributed by atoms with Gasteiger partial charge in [-0.2, -0.15) is 0 Å². The number of para-hydroxylation sites is 1. The second-order valence-corrected chi connectivity index (χ2v) is 8.65. The molecule has 0 saturated carbocycles. The quantitative estimate of drug-likeness (QED) is 0.723. The summed E-state index contributed by atoms with van der Waals surface area (Å²) in [7, 11) is 0. The zero-order chi connectivity index (χ0) is 23.4. The van der Waals surface area contributed by atoms with Gasteiger partial charge in [-0.05, 0) is 43.4 Å². The molecule has 2 N–H and O–H groups in total. The van der Waals surface area contributed by atoms with Gasteiger partial charge in [0.25, 0.3) is 0 Å². The van der Waals surface area contributed by atoms with Crippen LogP contribution < -0.4 is 5.32 Å². The number of urea groups is 1. The van der Waals surface area contributed by atoms with Crippen LogP contribution in [0.3, 0.4) is 0 Å². The number of aliphatic carboxylic acids is 1. The number of ether oxygens (including phenoxy) is 1. The lowest BCUT2D eigenvalue weighted by molar-refractivity contribution is -0.147. The highest BCUT2D eigenvalue weighted by Gasteiger charge is 2.33. The van der Waals surface area contributed by atoms with Crippen LogP contribution >= 0.6 is 0 Å². The maximum absolute atomic E-state index is 12.8. The van der Waals surface area contributed by atoms with Gasteiger partial charge in [-0.25, -0.2) is 14.4 Å². The number of rotatable bonds is 5. The summed E-state index contributed by atoms with van der Waals surface area (Å²) in [6.45, 7) is 3.38. The van der Waals surface area contributed by atoms with Crippen LogP contribution in [0.2, 0.25) is 0 Å². The van der Waals surface area contributed by atoms with Gasteiger partial charge in [0, 0.05) is 37.8 Å². The van der Waals surface area contributed by atoms with E-state index in [0.717, 1.165) is 28.8 Å². The van der Waals surface area contributed by atoms with E-state index in [2.05, 4.69) is 5.32 Å². The molecule has 174 valence electrons. The SMILES string of the molecule is Cc1cccc(CC(OC(=O)N2CCC(N3CCc4ccccc4NC3=O)CC2)C(=O)O)c1. The molecule has 2 aromatic carbocycles. The zero-order valence-corrected chi connectivity index (χ0v) is 18.7. The number of aryl methyl sites for hydroxylation is 1. The Morgan fingerprint density at radius 2 is 1.88 bits per heavy atom. The number of nitrogens with zero attached hydrogens (tertiary/aromatic N) is 2. The summed E-state index contributed by atoms with van der Waals surface area (Å²) < 4.78 is 5.35. The number of benzene rings is 2. The van der Waals surface area contributed by atoms with Gasteiger partial charge in [0.2, 0.25) is 6.10 Å². The van der Waals surface area contributed by atoms with Crippen LogP contribution in [0.4, 0.5) is 15.3 Å². The molecule has 2 aliphatic heterocycles. The minimum atomic E-state index is -1.24. The Hall–Kier alpha value is -3.55. The van der Waals surface area contributed by atoms with Gasteiger partial charge in [0.1, 0.15) is 0 Å². The molecule has 0 bridgehead atoms. The van der Waals surface area contributed by atoms with Crippen LogP contribution in [0, 0.1) is 6.92 Å². The predicted octanol–water partition coefficient (Wildman–Crippen LogP) is 3.68. The molecule has 8 heteroatoms. The molecule has 2 heterocycles. The Labute approximate surface area is 193 Å². The number of carboxylic acid groups (broad SMARTS) is 1. The summed E-state index contributed by atoms with van der Waals surface area (Å²) in [6, 6.07) is 15.2. The highest BCUT2D eigenvalue weighted by Crippen LogP contribution is 2.25. The lowest BCUT2D eigenvalue weighted by atomic mass is 10.0. The maximum atomic E-state index is 12.8. The van der Waals surface area contributed by atoms with E-state index in [1.807, 2.05) is 60.4 Å². The normalized spacial score (nSPS) is 17.5. The molecule has 33 heavy (non-hydrogen) atoms. The number of carbonyl (C=O) groups is 3. The molecule has 0 radical (unpaired) electrons. The van der Waals surface area contributed by atoms with Crippen molar-refractivity contribution in [1.29, 1.82) is 0 Å². The number of carbonyl (C=O) groups excluding carboxylic acids is 2. The standard InChI is InChI=1S/C25H29N3O5/c1-17-5-4-6-18(15-17)16-22(23(29)30)33-25(32)27-12-10-20(11-13-27)28-14-9-19-7-2-3-8-21(19)26-24(28)31/h2-8,15,20,22H,9-14,16H2,1H3,(H,26,31)(H,29,30). The lowest BCUT2D eigenvalue weighted by Crippen LogP contribution is -2.50. The van der Waals surface area contributed by atoms with E-state index in [1.165, 1.54) is 4.90 Å². The molecule has 2 aliphatic rings. The lowest BCUT2D eigenvalue weighted by Gasteiger charge is -2.37. The average molecular weight is 452 g/mol. The van der Waals surface area contributed by atoms with Crippen molar-refractivity contribution in [3.8, 4) is 0 Å². The first-order chi connectivity index (χ1) is 15.9. The molecule has 3 amide bonds. The first kappa shape index (κ1) is 22.6. The molecule has 1 fully saturated rings. The van der Waals surface area contributed by atoms with Crippen molar-refractivity contribution in [2.75, 3.05) is 25.0 Å². The summed E-state index contributed by atoms with van der Waals surface area (Å²) in [4.78, 5) is 40.5. The third-order valence-corrected chi connectivity index (χ3v) is 6.33. The van der Waals surface area contributed by atoms with Gasteiger partial charge < -0.3 is 25.0 Å². The van der Waals surface area contributed by atoms with Crippen molar-refractivity contribution in [2.45, 2.75) is 44.8 Å². The molecule has 0 spiro atoms. The smallest absolute Gasteiger partial charge is 0.410 e. The fraction of sp³-hybridized carbons (Fsp3) is 0.400. The molecule has 2 aromatic rings. The fourth-order valence-electron chi connectivity index (χ4n) is 4.53. The highest BCUT2D eigenvalue weighted by atomic mass is 16.6. The number of hydrogen-bond acceptors (Lipinski definition) is 4. The van der Waals surface area contributed by atoms with E-state index in [9.17, 15) is 19.5 Å². The molecule has 1 saturated heterocycles. The van der Waals surface area contributed by atoms with Crippen molar-refractivity contribution < 1.29 is 24.2 Å². The summed E-state index contributed by atoms with van der Waals surface area (Å²) in [5.74, 6) is -1.17. The number of anilines is 1. The van der Waals surface area contributed by atoms with E-state index >= 15 is 0 Å². The van der Waals surface area contributed by atoms with Gasteiger partial charge in [-0.15, -0.1) is 0 Å². The van der Waals surface area contributed by atoms with E-state index in [0.29, 0.717) is 32.5 Å². The summed E-state index contributed by atoms with van der Waals surface area (Å²) in [5, 5.41) is 12.5. The number of amides is 3. The number of likely N-dealkylation sites (tertiary alicyclic amines) is 1. The van der Waals surface area contributed by atoms with Gasteiger partial charge in [0.05, 0.1) is 0 Å². The molecule has 1 unspecified atom stereocenters. The number of hydrogen-bond donors (Lipinski definition) is 2. The third-order valence-electron chi connectivity index (χ3n) is 6.33. The first-order valence-corrected chi connectivity index (χ1v) is 11.3. The first-order valence-electron chi connectivity index (χ1n) is 11.3. The molecule has 0 aromatic heterocycles. The summed E-state index contributed by atoms with van der Waals surface area (Å²) in [6.07, 6.45) is 0.265. The molecule has 1 atom stereocenters. The minimum absolute atomic E-state index is 0.0194. The molecular weight excluding hydrogens is 422 g/mol. The number of piperidine rings is 1. The minimum Gasteiger partial charge on any atom is -0.478 e. The topological polar surface area (TPSA) is 99.2 Å². The van der Waals surface area contributed by atoms with Gasteiger partial charge in [-0.3, -0.25) is 0 Å². The monoisotopic (exact) mass is 451 g/mol. The van der Waals surface area contributed by atoms with Crippen molar-refractivity contribution in [3.63, 3.8) is 0 Å². The van der Waals surface area contributed by atoms with Crippen molar-refractivity contribution >= 4 is 23.8 Å². The van der Waals surface area contributed by atoms with Crippen molar-refractivity contribution in [1.82, 2.24) is 9.80 Å². The average Bonchev–Trinajstić information content (AvgIpc) is 2.97. The third kappa shape index (κ3) is 5.45. The van der Waals surface area contributed by atoms with Crippen LogP contribution in [0.5, 0.6) is 0 Å². The molecule has 4 rings (SSSR count). The van der Waals surface area contributed by atoms with E-state index in [1.54, 1.807) is 0 Å². The summed E-state index contributed by atoms with van der Waals surface area (Å²) in [5.41, 5.74) is 3.79. The number of carboxylic acids is 1. The van der Waals surface area contributed by atoms with Gasteiger partial charge in [0.15, 0.2) is 0 Å². The van der Waals surface area contributed by atoms with E-state index in [-0.39, 0.29) is 18.5 Å². The predicted molar refractivity (Wildman–Crippen MR) is 123 cm³/mol. The Bertz CT molecular complexity index is 1030. The van der Waals surface area contributed by atoms with Gasteiger partial charge in [-0.1, -0.05) is 48.0 Å². The zero-order valence-electron chi connectivity index (χ0n) is 18.7. The highest BCUT2D eigenvalue weighted by molar-refractivity contribution is 5.91. The Morgan fingerprint density at radius 1 is 1.12 bits per heavy atom. The van der Waals surface area contributed by atoms with Crippen LogP contribution in [0.1, 0.15) is 29.5 Å². The molecule has 8 nitrogen and oxygen atoms in total. The fourth-order valence-corrected chi connectivity index (χ4v) is 4.53. The number of nitrogens with one attached hydrogen (secondary N) is 1. The van der Waals surface area contributed by atoms with Crippen LogP contribution in [0.15, 0.2) is 48.5 Å². The maximum Gasteiger partial charge on any atom is 0.410 e. The van der Waals surface area contributed by atoms with Gasteiger partial charge >= 0.3 is 18.1 Å². The van der Waals surface area contributed by atoms with Crippen LogP contribution in [-0.4, -0.2) is 64.8 Å². The molecular formula is C25H29N3O5. The summed E-state index contributed by atoms with van der Waals surface area (Å²) >= 11 is 0. The second kappa shape index (κ2) is 9.94. The molecule has 0 aliphatic carbocycles. The Morgan fingerprint density at radius 3 is 2.61 bits per heavy atom. The number of fused-ring (bicyclic) bond motifs is 1. The van der Waals surface area contributed by atoms with Crippen LogP contribution in [0.25, 0.3) is 0 Å². The van der Waals surface area contributed by atoms with E-state index in [4.69, 9.17) is 4.74 Å². The van der Waals surface area contributed by atoms with E-state index < -0.39 is 18.2 Å². The van der Waals surface area contributed by atoms with Crippen molar-refractivity contribution in [2.24, 2.45) is 0 Å². The second-order valence-electron chi connectivity index (χ2n) is 8.65. The van der Waals surface area contributed by atoms with Crippen molar-refractivity contribution in [3.05, 3.63) is 65.2 Å². The van der Waals surface area contributed by atoms with Crippen LogP contribution in [-0.2, 0) is 22.4 Å². The Balaban J connectivity index is 1.32.